The Morgan fingerprint density at radius 2 is 2.15 bits per heavy atom. The molecule has 1 rings (SSSR count). The molecule has 0 unspecified atom stereocenters. The number of benzene rings is 1. The number of anilines is 1. The summed E-state index contributed by atoms with van der Waals surface area (Å²) in [7, 11) is 0. The highest BCUT2D eigenvalue weighted by Crippen LogP contribution is 2.27. The number of hydrogen-bond acceptors (Lipinski definition) is 3. The number of hydrogen-bond donors (Lipinski definition) is 1. The fourth-order valence-electron chi connectivity index (χ4n) is 1.29. The van der Waals surface area contributed by atoms with Gasteiger partial charge in [0.1, 0.15) is 11.8 Å². The number of rotatable bonds is 2. The predicted octanol–water partition coefficient (Wildman–Crippen LogP) is 1.79. The molecule has 0 saturated carbocycles. The van der Waals surface area contributed by atoms with Crippen LogP contribution in [0.5, 0.6) is 5.75 Å². The summed E-state index contributed by atoms with van der Waals surface area (Å²) in [4.78, 5) is 0. The summed E-state index contributed by atoms with van der Waals surface area (Å²) in [5.41, 5.74) is 8.38. The van der Waals surface area contributed by atoms with Crippen molar-refractivity contribution in [3.8, 4) is 11.8 Å². The first-order valence-electron chi connectivity index (χ1n) is 4.01. The SMILES string of the molecule is Cc1cc(C)c(OCC#N)c(N)c1. The number of nitrogen functional groups attached to an aromatic ring is 1. The molecule has 0 bridgehead atoms. The Hall–Kier alpha value is -1.69. The second-order valence-electron chi connectivity index (χ2n) is 2.95. The highest BCUT2D eigenvalue weighted by atomic mass is 16.5. The average molecular weight is 176 g/mol. The van der Waals surface area contributed by atoms with Gasteiger partial charge in [0.05, 0.1) is 5.69 Å². The molecule has 1 aromatic carbocycles. The monoisotopic (exact) mass is 176 g/mol. The van der Waals surface area contributed by atoms with Crippen molar-refractivity contribution in [1.29, 1.82) is 5.26 Å². The molecule has 0 heterocycles. The van der Waals surface area contributed by atoms with Gasteiger partial charge >= 0.3 is 0 Å². The van der Waals surface area contributed by atoms with E-state index in [0.29, 0.717) is 11.4 Å². The zero-order chi connectivity index (χ0) is 9.84. The van der Waals surface area contributed by atoms with Crippen molar-refractivity contribution >= 4 is 5.69 Å². The maximum atomic E-state index is 8.35. The molecule has 3 heteroatoms. The summed E-state index contributed by atoms with van der Waals surface area (Å²) in [6.45, 7) is 3.92. The van der Waals surface area contributed by atoms with Crippen molar-refractivity contribution in [2.24, 2.45) is 0 Å². The van der Waals surface area contributed by atoms with Crippen LogP contribution in [0.3, 0.4) is 0 Å². The molecule has 0 amide bonds. The lowest BCUT2D eigenvalue weighted by molar-refractivity contribution is 0.367. The molecule has 0 fully saturated rings. The van der Waals surface area contributed by atoms with E-state index >= 15 is 0 Å². The number of ether oxygens (including phenoxy) is 1. The van der Waals surface area contributed by atoms with E-state index in [9.17, 15) is 0 Å². The quantitative estimate of drug-likeness (QED) is 0.699. The van der Waals surface area contributed by atoms with E-state index in [1.54, 1.807) is 0 Å². The normalized spacial score (nSPS) is 9.31. The van der Waals surface area contributed by atoms with Gasteiger partial charge in [-0.1, -0.05) is 6.07 Å². The summed E-state index contributed by atoms with van der Waals surface area (Å²) in [6.07, 6.45) is 0. The Morgan fingerprint density at radius 3 is 2.69 bits per heavy atom. The van der Waals surface area contributed by atoms with Gasteiger partial charge in [0.2, 0.25) is 0 Å². The molecule has 0 spiro atoms. The van der Waals surface area contributed by atoms with Crippen LogP contribution in [-0.4, -0.2) is 6.61 Å². The number of nitrogens with zero attached hydrogens (tertiary/aromatic N) is 1. The highest BCUT2D eigenvalue weighted by molar-refractivity contribution is 5.58. The first kappa shape index (κ1) is 9.40. The largest absolute Gasteiger partial charge is 0.476 e. The summed E-state index contributed by atoms with van der Waals surface area (Å²) in [6, 6.07) is 5.72. The minimum atomic E-state index is 0.0358. The van der Waals surface area contributed by atoms with E-state index in [1.165, 1.54) is 0 Å². The summed E-state index contributed by atoms with van der Waals surface area (Å²) in [5, 5.41) is 8.35. The molecular weight excluding hydrogens is 164 g/mol. The van der Waals surface area contributed by atoms with Crippen LogP contribution in [-0.2, 0) is 0 Å². The lowest BCUT2D eigenvalue weighted by Crippen LogP contribution is -2.00. The molecule has 0 atom stereocenters. The van der Waals surface area contributed by atoms with Crippen LogP contribution in [0.15, 0.2) is 12.1 Å². The van der Waals surface area contributed by atoms with Crippen LogP contribution in [0.1, 0.15) is 11.1 Å². The first-order chi connectivity index (χ1) is 6.15. The fourth-order valence-corrected chi connectivity index (χ4v) is 1.29. The summed E-state index contributed by atoms with van der Waals surface area (Å²) >= 11 is 0. The van der Waals surface area contributed by atoms with Crippen molar-refractivity contribution < 1.29 is 4.74 Å². The minimum absolute atomic E-state index is 0.0358. The van der Waals surface area contributed by atoms with Crippen molar-refractivity contribution in [1.82, 2.24) is 0 Å². The van der Waals surface area contributed by atoms with Gasteiger partial charge < -0.3 is 10.5 Å². The Balaban J connectivity index is 3.00. The van der Waals surface area contributed by atoms with Crippen LogP contribution in [0.4, 0.5) is 5.69 Å². The van der Waals surface area contributed by atoms with E-state index in [-0.39, 0.29) is 6.61 Å². The second-order valence-corrected chi connectivity index (χ2v) is 2.95. The Bertz CT molecular complexity index is 329. The van der Waals surface area contributed by atoms with Gasteiger partial charge in [-0.05, 0) is 31.0 Å². The van der Waals surface area contributed by atoms with Crippen LogP contribution in [0.2, 0.25) is 0 Å². The van der Waals surface area contributed by atoms with Gasteiger partial charge in [-0.3, -0.25) is 0 Å². The minimum Gasteiger partial charge on any atom is -0.476 e. The summed E-state index contributed by atoms with van der Waals surface area (Å²) < 4.78 is 5.19. The van der Waals surface area contributed by atoms with Crippen LogP contribution in [0.25, 0.3) is 0 Å². The van der Waals surface area contributed by atoms with Gasteiger partial charge in [0.25, 0.3) is 0 Å². The molecule has 13 heavy (non-hydrogen) atoms. The van der Waals surface area contributed by atoms with Crippen molar-refractivity contribution in [2.75, 3.05) is 12.3 Å². The van der Waals surface area contributed by atoms with Crippen molar-refractivity contribution in [2.45, 2.75) is 13.8 Å². The van der Waals surface area contributed by atoms with Gasteiger partial charge in [0.15, 0.2) is 6.61 Å². The van der Waals surface area contributed by atoms with Gasteiger partial charge in [0, 0.05) is 0 Å². The van der Waals surface area contributed by atoms with Gasteiger partial charge in [-0.25, -0.2) is 0 Å². The zero-order valence-corrected chi connectivity index (χ0v) is 7.79. The lowest BCUT2D eigenvalue weighted by atomic mass is 10.1. The van der Waals surface area contributed by atoms with E-state index in [2.05, 4.69) is 0 Å². The van der Waals surface area contributed by atoms with E-state index in [0.717, 1.165) is 11.1 Å². The zero-order valence-electron chi connectivity index (χ0n) is 7.79. The number of nitrogens with two attached hydrogens (primary N) is 1. The second kappa shape index (κ2) is 3.81. The van der Waals surface area contributed by atoms with Gasteiger partial charge in [-0.2, -0.15) is 5.26 Å². The van der Waals surface area contributed by atoms with Crippen LogP contribution < -0.4 is 10.5 Å². The standard InChI is InChI=1S/C10H12N2O/c1-7-5-8(2)10(9(12)6-7)13-4-3-11/h5-6H,4,12H2,1-2H3. The molecule has 0 radical (unpaired) electrons. The third kappa shape index (κ3) is 2.12. The summed E-state index contributed by atoms with van der Waals surface area (Å²) in [5.74, 6) is 0.618. The van der Waals surface area contributed by atoms with Crippen molar-refractivity contribution in [3.63, 3.8) is 0 Å². The molecule has 2 N–H and O–H groups in total. The Labute approximate surface area is 77.7 Å². The maximum Gasteiger partial charge on any atom is 0.174 e. The smallest absolute Gasteiger partial charge is 0.174 e. The van der Waals surface area contributed by atoms with E-state index in [4.69, 9.17) is 15.7 Å². The molecule has 0 aliphatic carbocycles. The van der Waals surface area contributed by atoms with Crippen LogP contribution >= 0.6 is 0 Å². The van der Waals surface area contributed by atoms with Crippen molar-refractivity contribution in [3.05, 3.63) is 23.3 Å². The maximum absolute atomic E-state index is 8.35. The highest BCUT2D eigenvalue weighted by Gasteiger charge is 2.04. The average Bonchev–Trinajstić information content (AvgIpc) is 2.02. The number of aryl methyl sites for hydroxylation is 2. The fraction of sp³-hybridized carbons (Fsp3) is 0.300. The first-order valence-corrected chi connectivity index (χ1v) is 4.01. The molecule has 0 saturated heterocycles. The Kier molecular flexibility index (Phi) is 2.76. The third-order valence-electron chi connectivity index (χ3n) is 1.73. The molecule has 0 aliphatic heterocycles. The molecule has 0 aromatic heterocycles. The van der Waals surface area contributed by atoms with Crippen LogP contribution in [0, 0.1) is 25.2 Å². The predicted molar refractivity (Wildman–Crippen MR) is 51.4 cm³/mol. The molecule has 0 aliphatic rings. The molecule has 3 nitrogen and oxygen atoms in total. The lowest BCUT2D eigenvalue weighted by Gasteiger charge is -2.09. The molecule has 68 valence electrons. The van der Waals surface area contributed by atoms with Gasteiger partial charge in [-0.15, -0.1) is 0 Å². The molecule has 1 aromatic rings. The molecular formula is C10H12N2O. The van der Waals surface area contributed by atoms with E-state index in [1.807, 2.05) is 32.0 Å². The number of nitriles is 1. The topological polar surface area (TPSA) is 59.0 Å². The third-order valence-corrected chi connectivity index (χ3v) is 1.73. The Morgan fingerprint density at radius 1 is 1.46 bits per heavy atom. The van der Waals surface area contributed by atoms with E-state index < -0.39 is 0 Å².